The Bertz CT molecular complexity index is 586. The van der Waals surface area contributed by atoms with E-state index in [1.165, 1.54) is 30.4 Å². The largest absolute Gasteiger partial charge is 0.381 e. The normalized spacial score (nSPS) is 15.3. The molecule has 1 aromatic rings. The van der Waals surface area contributed by atoms with Crippen molar-refractivity contribution in [3.05, 3.63) is 35.4 Å². The van der Waals surface area contributed by atoms with E-state index in [0.717, 1.165) is 64.4 Å². The third-order valence-electron chi connectivity index (χ3n) is 5.72. The summed E-state index contributed by atoms with van der Waals surface area (Å²) in [6, 6.07) is 8.72. The highest BCUT2D eigenvalue weighted by molar-refractivity contribution is 14.0. The number of hydrogen-bond acceptors (Lipinski definition) is 3. The summed E-state index contributed by atoms with van der Waals surface area (Å²) < 4.78 is 5.48. The van der Waals surface area contributed by atoms with Crippen molar-refractivity contribution in [3.8, 4) is 0 Å². The first kappa shape index (κ1) is 26.2. The van der Waals surface area contributed by atoms with Crippen molar-refractivity contribution < 1.29 is 4.74 Å². The van der Waals surface area contributed by atoms with Crippen LogP contribution in [0.4, 0.5) is 0 Å². The maximum Gasteiger partial charge on any atom is 0.193 e. The first-order valence-electron chi connectivity index (χ1n) is 11.0. The van der Waals surface area contributed by atoms with Gasteiger partial charge in [0.15, 0.2) is 5.96 Å². The van der Waals surface area contributed by atoms with Crippen molar-refractivity contribution in [2.75, 3.05) is 46.4 Å². The van der Waals surface area contributed by atoms with Crippen LogP contribution in [0.2, 0.25) is 0 Å². The fourth-order valence-corrected chi connectivity index (χ4v) is 3.70. The van der Waals surface area contributed by atoms with E-state index >= 15 is 0 Å². The number of halogens is 1. The van der Waals surface area contributed by atoms with Gasteiger partial charge in [0.1, 0.15) is 0 Å². The van der Waals surface area contributed by atoms with Gasteiger partial charge in [0.05, 0.1) is 6.54 Å². The molecule has 0 amide bonds. The van der Waals surface area contributed by atoms with E-state index < -0.39 is 0 Å². The number of aliphatic imine (C=N–C) groups is 1. The predicted molar refractivity (Wildman–Crippen MR) is 134 cm³/mol. The van der Waals surface area contributed by atoms with Crippen LogP contribution in [-0.4, -0.2) is 62.2 Å². The zero-order valence-electron chi connectivity index (χ0n) is 18.8. The quantitative estimate of drug-likeness (QED) is 0.285. The molecule has 0 aromatic heterocycles. The van der Waals surface area contributed by atoms with Gasteiger partial charge in [0.25, 0.3) is 0 Å². The highest BCUT2D eigenvalue weighted by Crippen LogP contribution is 2.18. The Labute approximate surface area is 195 Å². The Morgan fingerprint density at radius 1 is 1.10 bits per heavy atom. The molecule has 0 atom stereocenters. The number of nitrogens with zero attached hydrogens (tertiary/aromatic N) is 3. The van der Waals surface area contributed by atoms with Gasteiger partial charge in [-0.3, -0.25) is 4.90 Å². The number of ether oxygens (including phenoxy) is 1. The third-order valence-corrected chi connectivity index (χ3v) is 5.72. The van der Waals surface area contributed by atoms with Gasteiger partial charge in [-0.15, -0.1) is 24.0 Å². The molecule has 29 heavy (non-hydrogen) atoms. The van der Waals surface area contributed by atoms with E-state index in [1.54, 1.807) is 0 Å². The Kier molecular flexibility index (Phi) is 13.6. The number of hydrogen-bond donors (Lipinski definition) is 1. The SMILES string of the molecule is CCNC(=NCc1ccccc1CN(CC)CC)N(C)CCC1CCOCC1.I. The Balaban J connectivity index is 0.00000420. The van der Waals surface area contributed by atoms with Gasteiger partial charge >= 0.3 is 0 Å². The zero-order chi connectivity index (χ0) is 20.2. The smallest absolute Gasteiger partial charge is 0.193 e. The molecule has 1 aromatic carbocycles. The monoisotopic (exact) mass is 516 g/mol. The van der Waals surface area contributed by atoms with Crippen LogP contribution in [0.15, 0.2) is 29.3 Å². The van der Waals surface area contributed by atoms with Crippen molar-refractivity contribution in [3.63, 3.8) is 0 Å². The molecule has 1 saturated heterocycles. The lowest BCUT2D eigenvalue weighted by molar-refractivity contribution is 0.0625. The highest BCUT2D eigenvalue weighted by Gasteiger charge is 2.15. The molecule has 5 nitrogen and oxygen atoms in total. The molecular weight excluding hydrogens is 475 g/mol. The van der Waals surface area contributed by atoms with Gasteiger partial charge in [-0.05, 0) is 56.3 Å². The number of nitrogens with one attached hydrogen (secondary N) is 1. The number of rotatable bonds is 10. The van der Waals surface area contributed by atoms with Crippen molar-refractivity contribution in [1.29, 1.82) is 0 Å². The summed E-state index contributed by atoms with van der Waals surface area (Å²) in [7, 11) is 2.16. The van der Waals surface area contributed by atoms with Crippen LogP contribution < -0.4 is 5.32 Å². The van der Waals surface area contributed by atoms with Gasteiger partial charge in [0, 0.05) is 39.9 Å². The van der Waals surface area contributed by atoms with E-state index in [1.807, 2.05) is 0 Å². The molecule has 2 rings (SSSR count). The van der Waals surface area contributed by atoms with E-state index in [4.69, 9.17) is 9.73 Å². The lowest BCUT2D eigenvalue weighted by Gasteiger charge is -2.27. The summed E-state index contributed by atoms with van der Waals surface area (Å²) in [6.07, 6.45) is 3.60. The fraction of sp³-hybridized carbons (Fsp3) is 0.696. The van der Waals surface area contributed by atoms with Crippen molar-refractivity contribution in [1.82, 2.24) is 15.1 Å². The first-order chi connectivity index (χ1) is 13.7. The number of benzene rings is 1. The minimum Gasteiger partial charge on any atom is -0.381 e. The van der Waals surface area contributed by atoms with Gasteiger partial charge in [-0.2, -0.15) is 0 Å². The fourth-order valence-electron chi connectivity index (χ4n) is 3.70. The van der Waals surface area contributed by atoms with Crippen LogP contribution in [0.25, 0.3) is 0 Å². The molecule has 1 fully saturated rings. The van der Waals surface area contributed by atoms with Crippen LogP contribution in [0.3, 0.4) is 0 Å². The number of guanidine groups is 1. The van der Waals surface area contributed by atoms with Crippen LogP contribution in [0.1, 0.15) is 51.2 Å². The summed E-state index contributed by atoms with van der Waals surface area (Å²) >= 11 is 0. The van der Waals surface area contributed by atoms with E-state index in [2.05, 4.69) is 67.2 Å². The molecule has 0 radical (unpaired) electrons. The molecule has 0 spiro atoms. The van der Waals surface area contributed by atoms with E-state index in [9.17, 15) is 0 Å². The topological polar surface area (TPSA) is 40.1 Å². The minimum atomic E-state index is 0. The van der Waals surface area contributed by atoms with Crippen LogP contribution in [0.5, 0.6) is 0 Å². The second kappa shape index (κ2) is 15.0. The second-order valence-corrected chi connectivity index (χ2v) is 7.67. The van der Waals surface area contributed by atoms with Gasteiger partial charge in [-0.25, -0.2) is 4.99 Å². The molecular formula is C23H41IN4O. The highest BCUT2D eigenvalue weighted by atomic mass is 127. The first-order valence-corrected chi connectivity index (χ1v) is 11.0. The van der Waals surface area contributed by atoms with E-state index in [-0.39, 0.29) is 24.0 Å². The van der Waals surface area contributed by atoms with Crippen LogP contribution >= 0.6 is 24.0 Å². The minimum absolute atomic E-state index is 0. The summed E-state index contributed by atoms with van der Waals surface area (Å²) in [5, 5.41) is 3.46. The third kappa shape index (κ3) is 9.22. The standard InChI is InChI=1S/C23H40N4O.HI/c1-5-24-23(26(4)15-12-20-13-16-28-17-14-20)25-18-21-10-8-9-11-22(21)19-27(6-2)7-3;/h8-11,20H,5-7,12-19H2,1-4H3,(H,24,25);1H. The van der Waals surface area contributed by atoms with Gasteiger partial charge in [0.2, 0.25) is 0 Å². The van der Waals surface area contributed by atoms with Gasteiger partial charge in [-0.1, -0.05) is 38.1 Å². The van der Waals surface area contributed by atoms with Gasteiger partial charge < -0.3 is 15.0 Å². The van der Waals surface area contributed by atoms with Crippen LogP contribution in [-0.2, 0) is 17.8 Å². The van der Waals surface area contributed by atoms with Crippen molar-refractivity contribution in [2.45, 2.75) is 53.1 Å². The average molecular weight is 517 g/mol. The summed E-state index contributed by atoms with van der Waals surface area (Å²) in [5.41, 5.74) is 2.71. The van der Waals surface area contributed by atoms with E-state index in [0.29, 0.717) is 0 Å². The molecule has 6 heteroatoms. The Morgan fingerprint density at radius 2 is 1.76 bits per heavy atom. The maximum absolute atomic E-state index is 5.48. The molecule has 0 unspecified atom stereocenters. The molecule has 166 valence electrons. The lowest BCUT2D eigenvalue weighted by atomic mass is 9.96. The molecule has 1 N–H and O–H groups in total. The zero-order valence-corrected chi connectivity index (χ0v) is 21.2. The molecule has 0 aliphatic carbocycles. The predicted octanol–water partition coefficient (Wildman–Crippen LogP) is 4.36. The Hall–Kier alpha value is -0.860. The van der Waals surface area contributed by atoms with Crippen molar-refractivity contribution >= 4 is 29.9 Å². The summed E-state index contributed by atoms with van der Waals surface area (Å²) in [6.45, 7) is 14.2. The molecule has 0 saturated carbocycles. The average Bonchev–Trinajstić information content (AvgIpc) is 2.74. The maximum atomic E-state index is 5.48. The Morgan fingerprint density at radius 3 is 2.38 bits per heavy atom. The van der Waals surface area contributed by atoms with Crippen molar-refractivity contribution in [2.24, 2.45) is 10.9 Å². The molecule has 0 bridgehead atoms. The second-order valence-electron chi connectivity index (χ2n) is 7.67. The summed E-state index contributed by atoms with van der Waals surface area (Å²) in [4.78, 5) is 9.69. The molecule has 1 heterocycles. The van der Waals surface area contributed by atoms with Crippen LogP contribution in [0, 0.1) is 5.92 Å². The molecule has 1 aliphatic rings. The molecule has 1 aliphatic heterocycles. The summed E-state index contributed by atoms with van der Waals surface area (Å²) in [5.74, 6) is 1.79. The lowest BCUT2D eigenvalue weighted by Crippen LogP contribution is -2.40.